The van der Waals surface area contributed by atoms with E-state index in [2.05, 4.69) is 14.9 Å². The molecule has 1 aromatic carbocycles. The summed E-state index contributed by atoms with van der Waals surface area (Å²) >= 11 is 0. The number of hydrogen-bond acceptors (Lipinski definition) is 4. The molecular formula is C17H19F2N3O2S. The summed E-state index contributed by atoms with van der Waals surface area (Å²) in [5, 5.41) is 8.13. The van der Waals surface area contributed by atoms with E-state index in [1.807, 2.05) is 6.92 Å². The van der Waals surface area contributed by atoms with Crippen LogP contribution >= 0.6 is 0 Å². The van der Waals surface area contributed by atoms with Gasteiger partial charge in [-0.1, -0.05) is 13.0 Å². The van der Waals surface area contributed by atoms with E-state index >= 15 is 0 Å². The van der Waals surface area contributed by atoms with Crippen LogP contribution < -0.4 is 4.72 Å². The number of fused-ring (bicyclic) bond motifs is 1. The van der Waals surface area contributed by atoms with Crippen LogP contribution in [0.1, 0.15) is 43.9 Å². The summed E-state index contributed by atoms with van der Waals surface area (Å²) in [6, 6.07) is 5.22. The highest BCUT2D eigenvalue weighted by atomic mass is 32.2. The largest absolute Gasteiger partial charge is 0.213 e. The highest BCUT2D eigenvalue weighted by Gasteiger charge is 2.39. The molecule has 0 saturated carbocycles. The lowest BCUT2D eigenvalue weighted by Crippen LogP contribution is -2.46. The first-order valence-corrected chi connectivity index (χ1v) is 9.81. The third-order valence-electron chi connectivity index (χ3n) is 4.58. The Balaban J connectivity index is 2.15. The second-order valence-electron chi connectivity index (χ2n) is 6.78. The van der Waals surface area contributed by atoms with Crippen molar-refractivity contribution in [2.75, 3.05) is 6.26 Å². The second-order valence-corrected chi connectivity index (χ2v) is 8.52. The minimum atomic E-state index is -3.46. The Morgan fingerprint density at radius 1 is 1.24 bits per heavy atom. The molecule has 1 aliphatic carbocycles. The van der Waals surface area contributed by atoms with Crippen LogP contribution in [0.4, 0.5) is 8.78 Å². The highest BCUT2D eigenvalue weighted by molar-refractivity contribution is 7.88. The Kier molecular flexibility index (Phi) is 4.36. The number of benzene rings is 1. The maximum absolute atomic E-state index is 14.0. The molecule has 0 unspecified atom stereocenters. The van der Waals surface area contributed by atoms with Crippen molar-refractivity contribution < 1.29 is 17.2 Å². The molecule has 8 heteroatoms. The van der Waals surface area contributed by atoms with Crippen LogP contribution in [-0.4, -0.2) is 24.9 Å². The molecule has 0 saturated heterocycles. The van der Waals surface area contributed by atoms with Gasteiger partial charge in [0.1, 0.15) is 11.6 Å². The molecule has 134 valence electrons. The van der Waals surface area contributed by atoms with E-state index < -0.39 is 27.2 Å². The van der Waals surface area contributed by atoms with Crippen molar-refractivity contribution in [3.63, 3.8) is 0 Å². The van der Waals surface area contributed by atoms with Crippen LogP contribution in [-0.2, 0) is 15.6 Å². The van der Waals surface area contributed by atoms with Crippen molar-refractivity contribution in [2.24, 2.45) is 0 Å². The van der Waals surface area contributed by atoms with Gasteiger partial charge in [-0.3, -0.25) is 0 Å². The van der Waals surface area contributed by atoms with E-state index in [4.69, 9.17) is 0 Å². The number of rotatable bonds is 3. The van der Waals surface area contributed by atoms with Crippen LogP contribution in [0.2, 0.25) is 0 Å². The number of aromatic nitrogens is 2. The standard InChI is InChI=1S/C17H19F2N3O2S/c1-10-7-8-17(2,22-25(3,23)24)16-11(10)9-14(20-21-16)15-12(18)5-4-6-13(15)19/h4-6,9-10,22H,7-8H2,1-3H3/t10-,17-/m0/s1. The number of sulfonamides is 1. The van der Waals surface area contributed by atoms with Gasteiger partial charge >= 0.3 is 0 Å². The van der Waals surface area contributed by atoms with E-state index in [-0.39, 0.29) is 17.2 Å². The molecule has 1 heterocycles. The lowest BCUT2D eigenvalue weighted by molar-refractivity contribution is 0.333. The Morgan fingerprint density at radius 3 is 2.48 bits per heavy atom. The van der Waals surface area contributed by atoms with Gasteiger partial charge < -0.3 is 0 Å². The van der Waals surface area contributed by atoms with E-state index in [1.165, 1.54) is 6.07 Å². The Morgan fingerprint density at radius 2 is 1.88 bits per heavy atom. The van der Waals surface area contributed by atoms with E-state index in [0.29, 0.717) is 12.1 Å². The summed E-state index contributed by atoms with van der Waals surface area (Å²) in [5.74, 6) is -1.35. The van der Waals surface area contributed by atoms with Crippen molar-refractivity contribution in [1.82, 2.24) is 14.9 Å². The zero-order chi connectivity index (χ0) is 18.4. The molecule has 0 spiro atoms. The van der Waals surface area contributed by atoms with Gasteiger partial charge in [0.25, 0.3) is 0 Å². The summed E-state index contributed by atoms with van der Waals surface area (Å²) in [5.41, 5.74) is 0.224. The highest BCUT2D eigenvalue weighted by Crippen LogP contribution is 2.41. The van der Waals surface area contributed by atoms with Gasteiger partial charge in [-0.15, -0.1) is 5.10 Å². The van der Waals surface area contributed by atoms with E-state index in [1.54, 1.807) is 13.0 Å². The number of nitrogens with zero attached hydrogens (tertiary/aromatic N) is 2. The Labute approximate surface area is 145 Å². The van der Waals surface area contributed by atoms with Crippen LogP contribution in [0.15, 0.2) is 24.3 Å². The molecular weight excluding hydrogens is 348 g/mol. The van der Waals surface area contributed by atoms with Crippen LogP contribution in [0.5, 0.6) is 0 Å². The monoisotopic (exact) mass is 367 g/mol. The van der Waals surface area contributed by atoms with Gasteiger partial charge in [0, 0.05) is 0 Å². The average Bonchev–Trinajstić information content (AvgIpc) is 2.50. The van der Waals surface area contributed by atoms with Crippen molar-refractivity contribution in [3.8, 4) is 11.3 Å². The van der Waals surface area contributed by atoms with Crippen LogP contribution in [0.3, 0.4) is 0 Å². The lowest BCUT2D eigenvalue weighted by Gasteiger charge is -2.37. The van der Waals surface area contributed by atoms with E-state index in [9.17, 15) is 17.2 Å². The summed E-state index contributed by atoms with van der Waals surface area (Å²) in [4.78, 5) is 0. The maximum atomic E-state index is 14.0. The fourth-order valence-electron chi connectivity index (χ4n) is 3.36. The van der Waals surface area contributed by atoms with Gasteiger partial charge in [-0.25, -0.2) is 21.9 Å². The Hall–Kier alpha value is -1.93. The summed E-state index contributed by atoms with van der Waals surface area (Å²) in [6.45, 7) is 3.72. The molecule has 0 amide bonds. The SMILES string of the molecule is C[C@H]1CC[C@](C)(NS(C)(=O)=O)c2nnc(-c3c(F)cccc3F)cc21. The van der Waals surface area contributed by atoms with E-state index in [0.717, 1.165) is 30.4 Å². The fraction of sp³-hybridized carbons (Fsp3) is 0.412. The molecule has 2 atom stereocenters. The molecule has 0 radical (unpaired) electrons. The van der Waals surface area contributed by atoms with Gasteiger partial charge in [-0.05, 0) is 49.4 Å². The second kappa shape index (κ2) is 6.10. The van der Waals surface area contributed by atoms with Crippen LogP contribution in [0.25, 0.3) is 11.3 Å². The number of hydrogen-bond donors (Lipinski definition) is 1. The molecule has 1 N–H and O–H groups in total. The number of nitrogens with one attached hydrogen (secondary N) is 1. The quantitative estimate of drug-likeness (QED) is 0.905. The summed E-state index contributed by atoms with van der Waals surface area (Å²) in [6.07, 6.45) is 2.37. The van der Waals surface area contributed by atoms with Gasteiger partial charge in [0.2, 0.25) is 10.0 Å². The number of halogens is 2. The third kappa shape index (κ3) is 3.41. The summed E-state index contributed by atoms with van der Waals surface area (Å²) < 4.78 is 54.1. The van der Waals surface area contributed by atoms with Crippen LogP contribution in [0, 0.1) is 11.6 Å². The molecule has 0 fully saturated rings. The van der Waals surface area contributed by atoms with Crippen molar-refractivity contribution >= 4 is 10.0 Å². The van der Waals surface area contributed by atoms with Gasteiger partial charge in [-0.2, -0.15) is 5.10 Å². The molecule has 0 aliphatic heterocycles. The first-order valence-electron chi connectivity index (χ1n) is 7.92. The predicted octanol–water partition coefficient (Wildman–Crippen LogP) is 3.08. The molecule has 5 nitrogen and oxygen atoms in total. The minimum absolute atomic E-state index is 0.0773. The zero-order valence-electron chi connectivity index (χ0n) is 14.2. The maximum Gasteiger partial charge on any atom is 0.209 e. The molecule has 1 aromatic heterocycles. The zero-order valence-corrected chi connectivity index (χ0v) is 15.0. The topological polar surface area (TPSA) is 72.0 Å². The molecule has 2 aromatic rings. The predicted molar refractivity (Wildman–Crippen MR) is 90.4 cm³/mol. The van der Waals surface area contributed by atoms with Crippen molar-refractivity contribution in [3.05, 3.63) is 47.2 Å². The normalized spacial score (nSPS) is 23.3. The summed E-state index contributed by atoms with van der Waals surface area (Å²) in [7, 11) is -3.46. The average molecular weight is 367 g/mol. The smallest absolute Gasteiger partial charge is 0.209 e. The third-order valence-corrected chi connectivity index (χ3v) is 5.41. The molecule has 1 aliphatic rings. The first-order chi connectivity index (χ1) is 11.6. The first kappa shape index (κ1) is 17.9. The van der Waals surface area contributed by atoms with Crippen molar-refractivity contribution in [2.45, 2.75) is 38.1 Å². The van der Waals surface area contributed by atoms with Gasteiger partial charge in [0.15, 0.2) is 0 Å². The molecule has 3 rings (SSSR count). The molecule has 25 heavy (non-hydrogen) atoms. The van der Waals surface area contributed by atoms with Crippen molar-refractivity contribution in [1.29, 1.82) is 0 Å². The van der Waals surface area contributed by atoms with Gasteiger partial charge in [0.05, 0.1) is 28.7 Å². The Bertz CT molecular complexity index is 913. The lowest BCUT2D eigenvalue weighted by atomic mass is 9.77. The molecule has 0 bridgehead atoms. The minimum Gasteiger partial charge on any atom is -0.213 e. The fourth-order valence-corrected chi connectivity index (χ4v) is 4.38.